The van der Waals surface area contributed by atoms with Crippen LogP contribution in [0.5, 0.6) is 0 Å². The van der Waals surface area contributed by atoms with Gasteiger partial charge < -0.3 is 15.1 Å². The number of piperazine rings is 1. The Morgan fingerprint density at radius 3 is 2.43 bits per heavy atom. The maximum absolute atomic E-state index is 13.8. The normalized spacial score (nSPS) is 18.4. The first-order chi connectivity index (χ1) is 23.0. The van der Waals surface area contributed by atoms with Crippen LogP contribution >= 0.6 is 0 Å². The van der Waals surface area contributed by atoms with Crippen molar-refractivity contribution in [2.75, 3.05) is 56.0 Å². The maximum Gasteiger partial charge on any atom is 0.236 e. The van der Waals surface area contributed by atoms with Gasteiger partial charge in [-0.3, -0.25) is 24.6 Å². The van der Waals surface area contributed by atoms with Gasteiger partial charge in [-0.1, -0.05) is 6.08 Å². The van der Waals surface area contributed by atoms with Crippen LogP contribution in [-0.4, -0.2) is 92.6 Å². The zero-order valence-electron chi connectivity index (χ0n) is 26.2. The Morgan fingerprint density at radius 2 is 1.68 bits per heavy atom. The van der Waals surface area contributed by atoms with E-state index in [0.29, 0.717) is 57.1 Å². The lowest BCUT2D eigenvalue weighted by Crippen LogP contribution is -2.51. The van der Waals surface area contributed by atoms with Crippen molar-refractivity contribution >= 4 is 34.1 Å². The van der Waals surface area contributed by atoms with E-state index in [4.69, 9.17) is 0 Å². The number of benzene rings is 2. The lowest BCUT2D eigenvalue weighted by molar-refractivity contribution is -0.133. The lowest BCUT2D eigenvalue weighted by Gasteiger charge is -2.37. The van der Waals surface area contributed by atoms with Crippen molar-refractivity contribution in [2.24, 2.45) is 5.41 Å². The summed E-state index contributed by atoms with van der Waals surface area (Å²) >= 11 is 0. The topological polar surface area (TPSA) is 123 Å². The Labute approximate surface area is 273 Å². The summed E-state index contributed by atoms with van der Waals surface area (Å²) in [6.07, 6.45) is 9.96. The molecule has 2 aliphatic heterocycles. The van der Waals surface area contributed by atoms with Crippen LogP contribution in [0, 0.1) is 5.41 Å². The van der Waals surface area contributed by atoms with Gasteiger partial charge in [0.2, 0.25) is 11.8 Å². The van der Waals surface area contributed by atoms with Crippen LogP contribution in [0.3, 0.4) is 0 Å². The number of H-pyrrole nitrogens is 1. The summed E-state index contributed by atoms with van der Waals surface area (Å²) in [5.41, 5.74) is 4.79. The van der Waals surface area contributed by atoms with Gasteiger partial charge in [-0.15, -0.1) is 6.58 Å². The van der Waals surface area contributed by atoms with Crippen LogP contribution in [-0.2, 0) is 9.59 Å². The van der Waals surface area contributed by atoms with E-state index >= 15 is 0 Å². The second-order valence-corrected chi connectivity index (χ2v) is 12.2. The first-order valence-corrected chi connectivity index (χ1v) is 15.9. The Bertz CT molecular complexity index is 1870. The summed E-state index contributed by atoms with van der Waals surface area (Å²) in [7, 11) is 0. The van der Waals surface area contributed by atoms with Crippen molar-refractivity contribution in [1.29, 1.82) is 0 Å². The van der Waals surface area contributed by atoms with Crippen LogP contribution in [0.15, 0.2) is 98.1 Å². The number of carbonyl (C=O) groups excluding carboxylic acids is 2. The SMILES string of the molecule is C=CCC1(C(=O)Nc2ccc3[nH]nc(-c4ccncc4)c3c2)CCN(CC(=O)N2CCN(c3ccc(-c4ncccn4)cc3)CC2)C1. The van der Waals surface area contributed by atoms with E-state index in [2.05, 4.69) is 59.0 Å². The number of carbonyl (C=O) groups is 2. The Morgan fingerprint density at radius 1 is 0.915 bits per heavy atom. The zero-order valence-corrected chi connectivity index (χ0v) is 26.2. The van der Waals surface area contributed by atoms with Crippen molar-refractivity contribution < 1.29 is 9.59 Å². The smallest absolute Gasteiger partial charge is 0.236 e. The summed E-state index contributed by atoms with van der Waals surface area (Å²) in [4.78, 5) is 46.3. The third kappa shape index (κ3) is 6.34. The molecule has 11 nitrogen and oxygen atoms in total. The number of nitrogens with zero attached hydrogens (tertiary/aromatic N) is 7. The number of pyridine rings is 1. The quantitative estimate of drug-likeness (QED) is 0.227. The fourth-order valence-corrected chi connectivity index (χ4v) is 6.67. The van der Waals surface area contributed by atoms with Crippen LogP contribution in [0.4, 0.5) is 11.4 Å². The van der Waals surface area contributed by atoms with Crippen LogP contribution < -0.4 is 10.2 Å². The first kappa shape index (κ1) is 30.2. The standard InChI is InChI=1S/C36H37N9O2/c1-2-12-36(35(47)40-28-6-9-31-30(23-28)33(42-41-31)26-10-16-37-17-11-26)13-18-43(25-36)24-32(46)45-21-19-44(20-22-45)29-7-4-27(5-8-29)34-38-14-3-15-39-34/h2-11,14-17,23H,1,12-13,18-22,24-25H2,(H,40,47)(H,41,42). The maximum atomic E-state index is 13.8. The summed E-state index contributed by atoms with van der Waals surface area (Å²) in [6, 6.07) is 19.7. The number of rotatable bonds is 9. The first-order valence-electron chi connectivity index (χ1n) is 15.9. The highest BCUT2D eigenvalue weighted by Gasteiger charge is 2.44. The molecule has 0 saturated carbocycles. The Hall–Kier alpha value is -5.42. The monoisotopic (exact) mass is 627 g/mol. The summed E-state index contributed by atoms with van der Waals surface area (Å²) in [6.45, 7) is 8.27. The molecular formula is C36H37N9O2. The number of likely N-dealkylation sites (tertiary alicyclic amines) is 1. The van der Waals surface area contributed by atoms with Crippen LogP contribution in [0.25, 0.3) is 33.5 Å². The minimum Gasteiger partial charge on any atom is -0.368 e. The second-order valence-electron chi connectivity index (χ2n) is 12.2. The van der Waals surface area contributed by atoms with E-state index in [0.717, 1.165) is 46.5 Å². The third-order valence-electron chi connectivity index (χ3n) is 9.27. The molecule has 0 spiro atoms. The van der Waals surface area contributed by atoms with Gasteiger partial charge in [0.25, 0.3) is 0 Å². The fourth-order valence-electron chi connectivity index (χ4n) is 6.67. The number of hydrogen-bond acceptors (Lipinski definition) is 8. The van der Waals surface area contributed by atoms with E-state index in [-0.39, 0.29) is 11.8 Å². The van der Waals surface area contributed by atoms with Gasteiger partial charge in [0.1, 0.15) is 5.69 Å². The van der Waals surface area contributed by atoms with Crippen molar-refractivity contribution in [3.05, 3.63) is 98.1 Å². The molecule has 5 aromatic rings. The molecule has 2 saturated heterocycles. The van der Waals surface area contributed by atoms with Gasteiger partial charge in [0.05, 0.1) is 17.5 Å². The molecule has 5 heterocycles. The number of amides is 2. The summed E-state index contributed by atoms with van der Waals surface area (Å²) in [5, 5.41) is 11.6. The molecule has 2 aliphatic rings. The van der Waals surface area contributed by atoms with Crippen molar-refractivity contribution in [3.63, 3.8) is 0 Å². The number of fused-ring (bicyclic) bond motifs is 1. The predicted molar refractivity (Wildman–Crippen MR) is 183 cm³/mol. The molecule has 1 unspecified atom stereocenters. The average molecular weight is 628 g/mol. The van der Waals surface area contributed by atoms with E-state index in [9.17, 15) is 9.59 Å². The highest BCUT2D eigenvalue weighted by atomic mass is 16.2. The zero-order chi connectivity index (χ0) is 32.2. The predicted octanol–water partition coefficient (Wildman–Crippen LogP) is 4.64. The summed E-state index contributed by atoms with van der Waals surface area (Å²) in [5.74, 6) is 0.751. The largest absolute Gasteiger partial charge is 0.368 e. The molecule has 47 heavy (non-hydrogen) atoms. The summed E-state index contributed by atoms with van der Waals surface area (Å²) < 4.78 is 0. The van der Waals surface area contributed by atoms with E-state index in [1.165, 1.54) is 0 Å². The molecule has 0 radical (unpaired) electrons. The van der Waals surface area contributed by atoms with Crippen molar-refractivity contribution in [1.82, 2.24) is 34.9 Å². The molecule has 3 aromatic heterocycles. The van der Waals surface area contributed by atoms with E-state index in [1.54, 1.807) is 30.9 Å². The number of hydrogen-bond donors (Lipinski definition) is 2. The van der Waals surface area contributed by atoms with Gasteiger partial charge in [-0.2, -0.15) is 5.10 Å². The molecule has 1 atom stereocenters. The number of nitrogens with one attached hydrogen (secondary N) is 2. The molecule has 2 aromatic carbocycles. The van der Waals surface area contributed by atoms with Crippen molar-refractivity contribution in [2.45, 2.75) is 12.8 Å². The minimum absolute atomic E-state index is 0.0564. The minimum atomic E-state index is -0.656. The number of aromatic nitrogens is 5. The third-order valence-corrected chi connectivity index (χ3v) is 9.27. The van der Waals surface area contributed by atoms with Crippen molar-refractivity contribution in [3.8, 4) is 22.6 Å². The number of aromatic amines is 1. The molecular weight excluding hydrogens is 590 g/mol. The average Bonchev–Trinajstić information content (AvgIpc) is 3.74. The molecule has 238 valence electrons. The molecule has 11 heteroatoms. The van der Waals surface area contributed by atoms with Gasteiger partial charge in [0.15, 0.2) is 5.82 Å². The number of anilines is 2. The van der Waals surface area contributed by atoms with Crippen LogP contribution in [0.2, 0.25) is 0 Å². The van der Waals surface area contributed by atoms with Gasteiger partial charge >= 0.3 is 0 Å². The van der Waals surface area contributed by atoms with E-state index in [1.807, 2.05) is 53.4 Å². The fraction of sp³-hybridized carbons (Fsp3) is 0.278. The molecule has 2 N–H and O–H groups in total. The van der Waals surface area contributed by atoms with Gasteiger partial charge in [0, 0.05) is 85.4 Å². The highest BCUT2D eigenvalue weighted by molar-refractivity contribution is 6.00. The number of allylic oxidation sites excluding steroid dienone is 1. The lowest BCUT2D eigenvalue weighted by atomic mass is 9.82. The molecule has 0 bridgehead atoms. The molecule has 2 amide bonds. The highest BCUT2D eigenvalue weighted by Crippen LogP contribution is 2.37. The second kappa shape index (κ2) is 13.1. The van der Waals surface area contributed by atoms with Gasteiger partial charge in [-0.05, 0) is 80.1 Å². The molecule has 0 aliphatic carbocycles. The molecule has 7 rings (SSSR count). The van der Waals surface area contributed by atoms with Crippen LogP contribution in [0.1, 0.15) is 12.8 Å². The Kier molecular flexibility index (Phi) is 8.45. The molecule has 2 fully saturated rings. The van der Waals surface area contributed by atoms with Gasteiger partial charge in [-0.25, -0.2) is 9.97 Å². The van der Waals surface area contributed by atoms with E-state index < -0.39 is 5.41 Å². The Balaban J connectivity index is 0.952.